The minimum Gasteiger partial charge on any atom is -0.396 e. The van der Waals surface area contributed by atoms with Gasteiger partial charge in [0.2, 0.25) is 0 Å². The molecular formula is C15H14Cl2N6. The summed E-state index contributed by atoms with van der Waals surface area (Å²) < 4.78 is 1.93. The maximum atomic E-state index is 6.03. The monoisotopic (exact) mass is 348 g/mol. The molecule has 0 radical (unpaired) electrons. The Morgan fingerprint density at radius 1 is 1.09 bits per heavy atom. The first kappa shape index (κ1) is 15.6. The minimum atomic E-state index is 0.478. The molecule has 1 aromatic carbocycles. The number of nitrogens with zero attached hydrogens (tertiary/aromatic N) is 3. The van der Waals surface area contributed by atoms with Crippen LogP contribution < -0.4 is 17.0 Å². The van der Waals surface area contributed by atoms with Gasteiger partial charge in [0, 0.05) is 12.7 Å². The Morgan fingerprint density at radius 3 is 2.65 bits per heavy atom. The number of nitrogens with one attached hydrogen (secondary N) is 1. The number of rotatable bonds is 4. The Balaban J connectivity index is 1.84. The van der Waals surface area contributed by atoms with Gasteiger partial charge in [-0.25, -0.2) is 4.98 Å². The molecule has 0 amide bonds. The van der Waals surface area contributed by atoms with E-state index < -0.39 is 0 Å². The van der Waals surface area contributed by atoms with Crippen molar-refractivity contribution in [2.45, 2.75) is 6.54 Å². The van der Waals surface area contributed by atoms with Gasteiger partial charge in [0.25, 0.3) is 0 Å². The number of benzene rings is 1. The molecule has 0 atom stereocenters. The van der Waals surface area contributed by atoms with E-state index in [0.717, 1.165) is 11.3 Å². The summed E-state index contributed by atoms with van der Waals surface area (Å²) in [5, 5.41) is 1.07. The van der Waals surface area contributed by atoms with Crippen LogP contribution in [0.5, 0.6) is 0 Å². The van der Waals surface area contributed by atoms with Gasteiger partial charge in [-0.1, -0.05) is 29.3 Å². The Hall–Kier alpha value is -2.28. The molecule has 118 valence electrons. The van der Waals surface area contributed by atoms with E-state index in [0.29, 0.717) is 33.7 Å². The molecule has 2 aromatic heterocycles. The second kappa shape index (κ2) is 6.45. The highest BCUT2D eigenvalue weighted by Crippen LogP contribution is 2.25. The zero-order valence-electron chi connectivity index (χ0n) is 12.0. The van der Waals surface area contributed by atoms with E-state index >= 15 is 0 Å². The van der Waals surface area contributed by atoms with Crippen LogP contribution in [0.25, 0.3) is 11.4 Å². The van der Waals surface area contributed by atoms with Crippen molar-refractivity contribution in [2.75, 3.05) is 11.2 Å². The molecule has 0 aliphatic heterocycles. The van der Waals surface area contributed by atoms with Gasteiger partial charge in [0.15, 0.2) is 0 Å². The predicted molar refractivity (Wildman–Crippen MR) is 93.2 cm³/mol. The molecule has 23 heavy (non-hydrogen) atoms. The Bertz CT molecular complexity index is 846. The fourth-order valence-corrected chi connectivity index (χ4v) is 2.48. The number of hydrogen-bond acceptors (Lipinski definition) is 5. The third kappa shape index (κ3) is 3.39. The van der Waals surface area contributed by atoms with E-state index in [9.17, 15) is 0 Å². The summed E-state index contributed by atoms with van der Waals surface area (Å²) in [4.78, 5) is 8.63. The van der Waals surface area contributed by atoms with Gasteiger partial charge in [-0.3, -0.25) is 10.8 Å². The summed E-state index contributed by atoms with van der Waals surface area (Å²) in [7, 11) is 0. The Labute approximate surface area is 143 Å². The van der Waals surface area contributed by atoms with Gasteiger partial charge in [-0.2, -0.15) is 0 Å². The standard InChI is InChI=1S/C15H14Cl2N6/c16-10-2-1-9(3-11(10)17)6-23-7-15(21-8-23)14-4-13(22-19)12(18)5-20-14/h1-5,7-8H,6,18-19H2,(H,20,22). The fourth-order valence-electron chi connectivity index (χ4n) is 2.16. The lowest BCUT2D eigenvalue weighted by Gasteiger charge is -2.05. The summed E-state index contributed by atoms with van der Waals surface area (Å²) in [5.41, 5.74) is 11.8. The van der Waals surface area contributed by atoms with Gasteiger partial charge in [0.1, 0.15) is 5.69 Å². The summed E-state index contributed by atoms with van der Waals surface area (Å²) in [6.07, 6.45) is 5.16. The van der Waals surface area contributed by atoms with Crippen LogP contribution in [0.2, 0.25) is 10.0 Å². The molecule has 8 heteroatoms. The number of imidazole rings is 1. The molecule has 0 bridgehead atoms. The molecule has 3 rings (SSSR count). The highest BCUT2D eigenvalue weighted by atomic mass is 35.5. The molecule has 5 N–H and O–H groups in total. The summed E-state index contributed by atoms with van der Waals surface area (Å²) in [5.74, 6) is 5.42. The first-order valence-corrected chi connectivity index (χ1v) is 7.50. The molecule has 0 unspecified atom stereocenters. The van der Waals surface area contributed by atoms with Crippen molar-refractivity contribution < 1.29 is 0 Å². The van der Waals surface area contributed by atoms with Crippen LogP contribution in [0.3, 0.4) is 0 Å². The molecular weight excluding hydrogens is 335 g/mol. The number of anilines is 2. The number of halogens is 2. The molecule has 0 saturated heterocycles. The van der Waals surface area contributed by atoms with Crippen molar-refractivity contribution in [3.63, 3.8) is 0 Å². The van der Waals surface area contributed by atoms with Gasteiger partial charge in [0.05, 0.1) is 39.6 Å². The van der Waals surface area contributed by atoms with Crippen molar-refractivity contribution in [1.82, 2.24) is 14.5 Å². The molecule has 6 nitrogen and oxygen atoms in total. The van der Waals surface area contributed by atoms with Gasteiger partial charge >= 0.3 is 0 Å². The van der Waals surface area contributed by atoms with E-state index in [4.69, 9.17) is 34.8 Å². The van der Waals surface area contributed by atoms with Crippen LogP contribution >= 0.6 is 23.2 Å². The van der Waals surface area contributed by atoms with Crippen LogP contribution in [0.1, 0.15) is 5.56 Å². The first-order chi connectivity index (χ1) is 11.1. The Kier molecular flexibility index (Phi) is 4.38. The number of nitrogens with two attached hydrogens (primary N) is 2. The molecule has 0 spiro atoms. The minimum absolute atomic E-state index is 0.478. The van der Waals surface area contributed by atoms with E-state index in [1.165, 1.54) is 0 Å². The third-order valence-corrected chi connectivity index (χ3v) is 4.07. The largest absolute Gasteiger partial charge is 0.396 e. The summed E-state index contributed by atoms with van der Waals surface area (Å²) >= 11 is 12.0. The van der Waals surface area contributed by atoms with E-state index in [1.807, 2.05) is 22.9 Å². The van der Waals surface area contributed by atoms with Gasteiger partial charge in [-0.15, -0.1) is 0 Å². The zero-order valence-corrected chi connectivity index (χ0v) is 13.5. The second-order valence-electron chi connectivity index (χ2n) is 4.98. The molecule has 0 aliphatic rings. The number of hydrazine groups is 1. The first-order valence-electron chi connectivity index (χ1n) is 6.75. The predicted octanol–water partition coefficient (Wildman–Crippen LogP) is 3.17. The maximum absolute atomic E-state index is 6.03. The molecule has 0 saturated carbocycles. The van der Waals surface area contributed by atoms with Crippen LogP contribution in [-0.4, -0.2) is 14.5 Å². The lowest BCUT2D eigenvalue weighted by Crippen LogP contribution is -2.09. The number of nitrogen functional groups attached to an aromatic ring is 2. The second-order valence-corrected chi connectivity index (χ2v) is 5.80. The topological polar surface area (TPSA) is 94.8 Å². The number of aromatic nitrogens is 3. The normalized spacial score (nSPS) is 10.7. The van der Waals surface area contributed by atoms with Gasteiger partial charge < -0.3 is 15.7 Å². The van der Waals surface area contributed by atoms with E-state index in [2.05, 4.69) is 15.4 Å². The van der Waals surface area contributed by atoms with Gasteiger partial charge in [-0.05, 0) is 23.8 Å². The smallest absolute Gasteiger partial charge is 0.107 e. The zero-order chi connectivity index (χ0) is 16.4. The lowest BCUT2D eigenvalue weighted by atomic mass is 10.2. The van der Waals surface area contributed by atoms with Crippen LogP contribution in [-0.2, 0) is 6.54 Å². The molecule has 2 heterocycles. The SMILES string of the molecule is NNc1cc(-c2cn(Cc3ccc(Cl)c(Cl)c3)cn2)ncc1N. The highest BCUT2D eigenvalue weighted by molar-refractivity contribution is 6.42. The quantitative estimate of drug-likeness (QED) is 0.497. The molecule has 0 aliphatic carbocycles. The van der Waals surface area contributed by atoms with Crippen LogP contribution in [0.4, 0.5) is 11.4 Å². The molecule has 3 aromatic rings. The van der Waals surface area contributed by atoms with E-state index in [1.54, 1.807) is 24.7 Å². The average molecular weight is 349 g/mol. The Morgan fingerprint density at radius 2 is 1.91 bits per heavy atom. The highest BCUT2D eigenvalue weighted by Gasteiger charge is 2.08. The summed E-state index contributed by atoms with van der Waals surface area (Å²) in [6.45, 7) is 0.626. The number of pyridine rings is 1. The van der Waals surface area contributed by atoms with Crippen molar-refractivity contribution in [3.05, 3.63) is 58.6 Å². The lowest BCUT2D eigenvalue weighted by molar-refractivity contribution is 0.797. The van der Waals surface area contributed by atoms with Crippen molar-refractivity contribution >= 4 is 34.6 Å². The molecule has 0 fully saturated rings. The van der Waals surface area contributed by atoms with Crippen molar-refractivity contribution in [3.8, 4) is 11.4 Å². The maximum Gasteiger partial charge on any atom is 0.107 e. The third-order valence-electron chi connectivity index (χ3n) is 3.34. The fraction of sp³-hybridized carbons (Fsp3) is 0.0667. The number of hydrogen-bond donors (Lipinski definition) is 3. The van der Waals surface area contributed by atoms with Crippen LogP contribution in [0.15, 0.2) is 43.0 Å². The average Bonchev–Trinajstić information content (AvgIpc) is 3.00. The summed E-state index contributed by atoms with van der Waals surface area (Å²) in [6, 6.07) is 7.28. The van der Waals surface area contributed by atoms with E-state index in [-0.39, 0.29) is 0 Å². The van der Waals surface area contributed by atoms with Crippen LogP contribution in [0, 0.1) is 0 Å². The van der Waals surface area contributed by atoms with Crippen molar-refractivity contribution in [1.29, 1.82) is 0 Å². The van der Waals surface area contributed by atoms with Crippen molar-refractivity contribution in [2.24, 2.45) is 5.84 Å².